The number of hydrogen-bond donors (Lipinski definition) is 2. The summed E-state index contributed by atoms with van der Waals surface area (Å²) >= 11 is 0. The summed E-state index contributed by atoms with van der Waals surface area (Å²) < 4.78 is 0. The van der Waals surface area contributed by atoms with E-state index in [1.54, 1.807) is 5.12 Å². The molecule has 1 aliphatic heterocycles. The highest BCUT2D eigenvalue weighted by molar-refractivity contribution is 5.23. The van der Waals surface area contributed by atoms with Gasteiger partial charge in [0.25, 0.3) is 0 Å². The lowest BCUT2D eigenvalue weighted by Crippen LogP contribution is -2.33. The van der Waals surface area contributed by atoms with Crippen LogP contribution in [-0.4, -0.2) is 24.2 Å². The smallest absolute Gasteiger partial charge is 0.00220 e. The second kappa shape index (κ2) is 6.12. The van der Waals surface area contributed by atoms with Crippen LogP contribution in [0.1, 0.15) is 30.7 Å². The number of benzene rings is 1. The summed E-state index contributed by atoms with van der Waals surface area (Å²) in [6.07, 6.45) is 3.36. The van der Waals surface area contributed by atoms with Gasteiger partial charge in [0.2, 0.25) is 0 Å². The van der Waals surface area contributed by atoms with Gasteiger partial charge in [-0.05, 0) is 31.0 Å². The molecule has 94 valence electrons. The summed E-state index contributed by atoms with van der Waals surface area (Å²) in [5, 5.41) is 1.59. The minimum atomic E-state index is 0.217. The van der Waals surface area contributed by atoms with Crippen LogP contribution in [-0.2, 0) is 0 Å². The summed E-state index contributed by atoms with van der Waals surface area (Å²) in [6, 6.07) is 10.6. The first-order chi connectivity index (χ1) is 8.31. The van der Waals surface area contributed by atoms with E-state index in [4.69, 9.17) is 11.6 Å². The molecule has 17 heavy (non-hydrogen) atoms. The lowest BCUT2D eigenvalue weighted by atomic mass is 9.89. The molecule has 1 aromatic rings. The zero-order valence-electron chi connectivity index (χ0n) is 10.1. The summed E-state index contributed by atoms with van der Waals surface area (Å²) in [5.74, 6) is 6.10. The minimum absolute atomic E-state index is 0.217. The van der Waals surface area contributed by atoms with Crippen molar-refractivity contribution in [3.8, 4) is 0 Å². The highest BCUT2D eigenvalue weighted by atomic mass is 15.7. The van der Waals surface area contributed by atoms with Crippen molar-refractivity contribution in [1.29, 1.82) is 0 Å². The van der Waals surface area contributed by atoms with Gasteiger partial charge < -0.3 is 16.3 Å². The molecule has 1 aliphatic rings. The van der Waals surface area contributed by atoms with Crippen LogP contribution in [0.2, 0.25) is 0 Å². The Balaban J connectivity index is 2.11. The fraction of sp³-hybridized carbons (Fsp3) is 0.538. The van der Waals surface area contributed by atoms with Crippen LogP contribution in [0.3, 0.4) is 0 Å². The Morgan fingerprint density at radius 2 is 2.06 bits per heavy atom. The van der Waals surface area contributed by atoms with Crippen LogP contribution in [0.15, 0.2) is 30.3 Å². The molecule has 1 aromatic carbocycles. The molecule has 0 aromatic heterocycles. The van der Waals surface area contributed by atoms with Crippen molar-refractivity contribution in [3.05, 3.63) is 41.3 Å². The molecule has 2 unspecified atom stereocenters. The van der Waals surface area contributed by atoms with Gasteiger partial charge in [0.1, 0.15) is 0 Å². The van der Waals surface area contributed by atoms with Gasteiger partial charge in [-0.2, -0.15) is 0 Å². The van der Waals surface area contributed by atoms with Crippen LogP contribution < -0.4 is 11.6 Å². The second-order valence-corrected chi connectivity index (χ2v) is 4.59. The maximum absolute atomic E-state index is 5.91. The standard InChI is InChI=1S/C13H21N4/c14-10-12(11-6-2-1-3-7-11)13-8-4-5-9-17(15)16-13/h1-3,6-7,12-13H,4-5,8-10,14-15H2/q-1. The molecule has 1 saturated heterocycles. The molecular weight excluding hydrogens is 212 g/mol. The van der Waals surface area contributed by atoms with E-state index < -0.39 is 0 Å². The van der Waals surface area contributed by atoms with Crippen molar-refractivity contribution in [2.45, 2.75) is 31.2 Å². The fourth-order valence-electron chi connectivity index (χ4n) is 2.43. The van der Waals surface area contributed by atoms with E-state index in [1.807, 2.05) is 6.07 Å². The summed E-state index contributed by atoms with van der Waals surface area (Å²) in [6.45, 7) is 1.47. The van der Waals surface area contributed by atoms with Crippen molar-refractivity contribution < 1.29 is 0 Å². The van der Waals surface area contributed by atoms with E-state index in [-0.39, 0.29) is 12.0 Å². The van der Waals surface area contributed by atoms with Crippen LogP contribution in [0.25, 0.3) is 5.43 Å². The lowest BCUT2D eigenvalue weighted by Gasteiger charge is -2.42. The highest BCUT2D eigenvalue weighted by Gasteiger charge is 2.17. The SMILES string of the molecule is NCC(c1ccccc1)C1CCCCN(N)[N-]1. The van der Waals surface area contributed by atoms with Crippen LogP contribution in [0, 0.1) is 0 Å². The number of nitrogens with zero attached hydrogens (tertiary/aromatic N) is 2. The molecule has 4 N–H and O–H groups in total. The highest BCUT2D eigenvalue weighted by Crippen LogP contribution is 2.29. The normalized spacial score (nSPS) is 24.2. The summed E-state index contributed by atoms with van der Waals surface area (Å²) in [7, 11) is 0. The Morgan fingerprint density at radius 1 is 1.29 bits per heavy atom. The molecule has 1 heterocycles. The van der Waals surface area contributed by atoms with E-state index in [1.165, 1.54) is 12.0 Å². The third-order valence-electron chi connectivity index (χ3n) is 3.38. The van der Waals surface area contributed by atoms with Crippen molar-refractivity contribution >= 4 is 0 Å². The Bertz CT molecular complexity index is 327. The fourth-order valence-corrected chi connectivity index (χ4v) is 2.43. The Morgan fingerprint density at radius 3 is 2.76 bits per heavy atom. The van der Waals surface area contributed by atoms with E-state index in [0.717, 1.165) is 19.4 Å². The molecule has 4 nitrogen and oxygen atoms in total. The largest absolute Gasteiger partial charge is 0.577 e. The van der Waals surface area contributed by atoms with E-state index in [9.17, 15) is 0 Å². The Hall–Kier alpha value is -0.940. The molecule has 0 aliphatic carbocycles. The molecule has 0 saturated carbocycles. The zero-order valence-corrected chi connectivity index (χ0v) is 10.1. The molecule has 0 amide bonds. The lowest BCUT2D eigenvalue weighted by molar-refractivity contribution is 0.342. The van der Waals surface area contributed by atoms with Gasteiger partial charge >= 0.3 is 0 Å². The molecule has 2 atom stereocenters. The Labute approximate surface area is 103 Å². The van der Waals surface area contributed by atoms with Gasteiger partial charge in [-0.25, -0.2) is 0 Å². The van der Waals surface area contributed by atoms with Crippen molar-refractivity contribution in [3.63, 3.8) is 0 Å². The predicted octanol–water partition coefficient (Wildman–Crippen LogP) is 1.75. The minimum Gasteiger partial charge on any atom is -0.577 e. The first-order valence-electron chi connectivity index (χ1n) is 6.29. The topological polar surface area (TPSA) is 69.4 Å². The number of nitrogens with two attached hydrogens (primary N) is 2. The van der Waals surface area contributed by atoms with Crippen LogP contribution in [0.5, 0.6) is 0 Å². The number of rotatable bonds is 3. The molecule has 0 bridgehead atoms. The van der Waals surface area contributed by atoms with Gasteiger partial charge in [-0.1, -0.05) is 43.2 Å². The maximum atomic E-state index is 5.91. The summed E-state index contributed by atoms with van der Waals surface area (Å²) in [5.41, 5.74) is 11.7. The average molecular weight is 233 g/mol. The van der Waals surface area contributed by atoms with Crippen molar-refractivity contribution in [2.75, 3.05) is 13.1 Å². The Kier molecular flexibility index (Phi) is 4.50. The molecule has 4 heteroatoms. The summed E-state index contributed by atoms with van der Waals surface area (Å²) in [4.78, 5) is 0. The van der Waals surface area contributed by atoms with E-state index in [2.05, 4.69) is 29.7 Å². The molecule has 1 fully saturated rings. The first kappa shape index (κ1) is 12.5. The monoisotopic (exact) mass is 233 g/mol. The third kappa shape index (κ3) is 3.26. The van der Waals surface area contributed by atoms with Crippen molar-refractivity contribution in [1.82, 2.24) is 5.12 Å². The molecular formula is C13H21N4-. The van der Waals surface area contributed by atoms with Crippen LogP contribution in [0.4, 0.5) is 0 Å². The zero-order chi connectivity index (χ0) is 12.1. The van der Waals surface area contributed by atoms with Gasteiger partial charge in [0.15, 0.2) is 0 Å². The van der Waals surface area contributed by atoms with Crippen LogP contribution >= 0.6 is 0 Å². The molecule has 2 rings (SSSR count). The third-order valence-corrected chi connectivity index (χ3v) is 3.38. The van der Waals surface area contributed by atoms with Crippen molar-refractivity contribution in [2.24, 2.45) is 11.6 Å². The first-order valence-corrected chi connectivity index (χ1v) is 6.29. The van der Waals surface area contributed by atoms with Gasteiger partial charge in [-0.15, -0.1) is 6.04 Å². The number of hydrazine groups is 1. The molecule has 0 radical (unpaired) electrons. The van der Waals surface area contributed by atoms with Gasteiger partial charge in [0.05, 0.1) is 0 Å². The number of hydrogen-bond acceptors (Lipinski definition) is 3. The van der Waals surface area contributed by atoms with Gasteiger partial charge in [-0.3, -0.25) is 5.84 Å². The molecule has 0 spiro atoms. The van der Waals surface area contributed by atoms with Gasteiger partial charge in [0, 0.05) is 0 Å². The van der Waals surface area contributed by atoms with E-state index >= 15 is 0 Å². The second-order valence-electron chi connectivity index (χ2n) is 4.59. The maximum Gasteiger partial charge on any atom is -0.00220 e. The van der Waals surface area contributed by atoms with E-state index in [0.29, 0.717) is 6.54 Å². The average Bonchev–Trinajstić information content (AvgIpc) is 2.56. The quantitative estimate of drug-likeness (QED) is 0.781. The predicted molar refractivity (Wildman–Crippen MR) is 70.1 cm³/mol.